The molecule has 2 aliphatic heterocycles. The Balaban J connectivity index is 1.58. The van der Waals surface area contributed by atoms with E-state index in [0.29, 0.717) is 52.8 Å². The Morgan fingerprint density at radius 2 is 2.06 bits per heavy atom. The van der Waals surface area contributed by atoms with Crippen molar-refractivity contribution in [3.63, 3.8) is 0 Å². The van der Waals surface area contributed by atoms with Crippen LogP contribution in [0.4, 0.5) is 11.8 Å². The first-order valence-electron chi connectivity index (χ1n) is 10.8. The van der Waals surface area contributed by atoms with E-state index in [1.165, 1.54) is 9.08 Å². The van der Waals surface area contributed by atoms with E-state index in [-0.39, 0.29) is 28.9 Å². The smallest absolute Gasteiger partial charge is 0.285 e. The van der Waals surface area contributed by atoms with Crippen molar-refractivity contribution in [1.82, 2.24) is 34.4 Å². The fourth-order valence-corrected chi connectivity index (χ4v) is 4.90. The van der Waals surface area contributed by atoms with Crippen LogP contribution < -0.4 is 21.1 Å². The summed E-state index contributed by atoms with van der Waals surface area (Å²) in [5.74, 6) is 1.77. The number of fused-ring (bicyclic) bond motifs is 2. The fraction of sp³-hybridized carbons (Fsp3) is 0.273. The SMILES string of the molecule is CNc1nc2c(c(N3C[C@H](C)[C@H]3c3nn4ccc(Cl)c4c(=O)n3-c3ccccn3)n1)C(=O)NC2. The summed E-state index contributed by atoms with van der Waals surface area (Å²) in [6.45, 7) is 3.05. The molecule has 1 amide bonds. The van der Waals surface area contributed by atoms with Gasteiger partial charge in [-0.2, -0.15) is 10.1 Å². The minimum atomic E-state index is -0.336. The number of nitrogens with zero attached hydrogens (tertiary/aromatic N) is 7. The van der Waals surface area contributed by atoms with E-state index in [2.05, 4.69) is 32.5 Å². The van der Waals surface area contributed by atoms with Gasteiger partial charge >= 0.3 is 0 Å². The summed E-state index contributed by atoms with van der Waals surface area (Å²) in [4.78, 5) is 41.7. The highest BCUT2D eigenvalue weighted by molar-refractivity contribution is 6.33. The number of rotatable bonds is 4. The number of halogens is 1. The second kappa shape index (κ2) is 7.52. The number of carbonyl (C=O) groups excluding carboxylic acids is 1. The molecule has 2 N–H and O–H groups in total. The van der Waals surface area contributed by atoms with Crippen LogP contribution in [0.1, 0.15) is 34.8 Å². The maximum atomic E-state index is 13.6. The topological polar surface area (TPSA) is 122 Å². The number of hydrogen-bond acceptors (Lipinski definition) is 8. The molecule has 2 aliphatic rings. The summed E-state index contributed by atoms with van der Waals surface area (Å²) in [7, 11) is 1.73. The van der Waals surface area contributed by atoms with Crippen molar-refractivity contribution in [2.45, 2.75) is 19.5 Å². The van der Waals surface area contributed by atoms with Crippen LogP contribution in [0.5, 0.6) is 0 Å². The molecule has 4 aromatic heterocycles. The average Bonchev–Trinajstić information content (AvgIpc) is 3.40. The summed E-state index contributed by atoms with van der Waals surface area (Å²) >= 11 is 6.31. The summed E-state index contributed by atoms with van der Waals surface area (Å²) < 4.78 is 2.99. The Morgan fingerprint density at radius 1 is 1.21 bits per heavy atom. The lowest BCUT2D eigenvalue weighted by molar-refractivity contribution is 0.0965. The lowest BCUT2D eigenvalue weighted by atomic mass is 9.88. The molecule has 0 aromatic carbocycles. The molecule has 0 aliphatic carbocycles. The zero-order chi connectivity index (χ0) is 23.6. The van der Waals surface area contributed by atoms with Crippen molar-refractivity contribution in [2.24, 2.45) is 5.92 Å². The molecular weight excluding hydrogens is 458 g/mol. The van der Waals surface area contributed by atoms with Crippen molar-refractivity contribution >= 4 is 34.8 Å². The predicted molar refractivity (Wildman–Crippen MR) is 126 cm³/mol. The molecule has 2 atom stereocenters. The normalized spacial score (nSPS) is 19.1. The molecule has 0 bridgehead atoms. The van der Waals surface area contributed by atoms with E-state index in [1.54, 1.807) is 37.6 Å². The molecule has 0 radical (unpaired) electrons. The van der Waals surface area contributed by atoms with Gasteiger partial charge in [-0.05, 0) is 18.2 Å². The Hall–Kier alpha value is -3.99. The lowest BCUT2D eigenvalue weighted by Gasteiger charge is -2.47. The molecule has 34 heavy (non-hydrogen) atoms. The van der Waals surface area contributed by atoms with Gasteiger partial charge in [0, 0.05) is 31.9 Å². The van der Waals surface area contributed by atoms with Crippen LogP contribution in [-0.2, 0) is 6.54 Å². The van der Waals surface area contributed by atoms with Crippen molar-refractivity contribution in [3.05, 3.63) is 69.1 Å². The number of hydrogen-bond donors (Lipinski definition) is 2. The predicted octanol–water partition coefficient (Wildman–Crippen LogP) is 1.81. The molecule has 0 spiro atoms. The first-order chi connectivity index (χ1) is 16.5. The van der Waals surface area contributed by atoms with Gasteiger partial charge in [-0.1, -0.05) is 24.6 Å². The zero-order valence-electron chi connectivity index (χ0n) is 18.4. The van der Waals surface area contributed by atoms with E-state index >= 15 is 0 Å². The standard InChI is InChI=1S/C22H20ClN9O2/c1-11-10-30(18-15-13(9-26-20(15)33)27-22(24-2)28-18)16(11)19-29-31-8-6-12(23)17(31)21(34)32(19)14-5-3-4-7-25-14/h3-8,11,16H,9-10H2,1-2H3,(H,26,33)(H,24,27,28)/t11-,16-/m0/s1. The first-order valence-corrected chi connectivity index (χ1v) is 11.2. The van der Waals surface area contributed by atoms with Crippen LogP contribution >= 0.6 is 11.6 Å². The molecule has 11 nitrogen and oxygen atoms in total. The first kappa shape index (κ1) is 20.6. The van der Waals surface area contributed by atoms with E-state index in [4.69, 9.17) is 16.7 Å². The highest BCUT2D eigenvalue weighted by atomic mass is 35.5. The summed E-state index contributed by atoms with van der Waals surface area (Å²) in [5.41, 5.74) is 1.04. The largest absolute Gasteiger partial charge is 0.357 e. The van der Waals surface area contributed by atoms with Gasteiger partial charge in [-0.25, -0.2) is 19.1 Å². The fourth-order valence-electron chi connectivity index (χ4n) is 4.68. The van der Waals surface area contributed by atoms with Gasteiger partial charge in [-0.3, -0.25) is 9.59 Å². The Labute approximate surface area is 198 Å². The number of aromatic nitrogens is 6. The van der Waals surface area contributed by atoms with Crippen LogP contribution in [0.3, 0.4) is 0 Å². The Morgan fingerprint density at radius 3 is 2.79 bits per heavy atom. The van der Waals surface area contributed by atoms with Gasteiger partial charge in [-0.15, -0.1) is 0 Å². The van der Waals surface area contributed by atoms with Crippen LogP contribution in [0, 0.1) is 5.92 Å². The van der Waals surface area contributed by atoms with E-state index in [0.717, 1.165) is 0 Å². The molecule has 6 heterocycles. The molecule has 4 aromatic rings. The van der Waals surface area contributed by atoms with Gasteiger partial charge in [0.2, 0.25) is 5.95 Å². The Kier molecular flexibility index (Phi) is 4.56. The van der Waals surface area contributed by atoms with Gasteiger partial charge < -0.3 is 15.5 Å². The van der Waals surface area contributed by atoms with Crippen molar-refractivity contribution in [2.75, 3.05) is 23.8 Å². The molecule has 0 unspecified atom stereocenters. The van der Waals surface area contributed by atoms with Gasteiger partial charge in [0.15, 0.2) is 5.82 Å². The number of carbonyl (C=O) groups is 1. The lowest BCUT2D eigenvalue weighted by Crippen LogP contribution is -2.52. The van der Waals surface area contributed by atoms with E-state index in [1.807, 2.05) is 11.0 Å². The average molecular weight is 478 g/mol. The van der Waals surface area contributed by atoms with Gasteiger partial charge in [0.05, 0.1) is 23.3 Å². The third kappa shape index (κ3) is 2.90. The number of pyridine rings is 1. The second-order valence-electron chi connectivity index (χ2n) is 8.34. The maximum absolute atomic E-state index is 13.6. The number of amides is 1. The molecule has 0 saturated carbocycles. The van der Waals surface area contributed by atoms with Crippen molar-refractivity contribution < 1.29 is 4.79 Å². The molecule has 12 heteroatoms. The zero-order valence-corrected chi connectivity index (χ0v) is 19.1. The number of nitrogens with one attached hydrogen (secondary N) is 2. The highest BCUT2D eigenvalue weighted by Gasteiger charge is 2.44. The molecular formula is C22H20ClN9O2. The second-order valence-corrected chi connectivity index (χ2v) is 8.75. The Bertz CT molecular complexity index is 1510. The highest BCUT2D eigenvalue weighted by Crippen LogP contribution is 2.43. The minimum absolute atomic E-state index is 0.124. The molecule has 6 rings (SSSR count). The molecule has 1 fully saturated rings. The summed E-state index contributed by atoms with van der Waals surface area (Å²) in [6, 6.07) is 6.65. The van der Waals surface area contributed by atoms with Crippen molar-refractivity contribution in [1.29, 1.82) is 0 Å². The van der Waals surface area contributed by atoms with Crippen LogP contribution in [0.15, 0.2) is 41.5 Å². The van der Waals surface area contributed by atoms with Gasteiger partial charge in [0.25, 0.3) is 11.5 Å². The third-order valence-electron chi connectivity index (χ3n) is 6.27. The summed E-state index contributed by atoms with van der Waals surface area (Å²) in [6.07, 6.45) is 3.28. The van der Waals surface area contributed by atoms with Crippen LogP contribution in [0.25, 0.3) is 11.3 Å². The molecule has 172 valence electrons. The van der Waals surface area contributed by atoms with Gasteiger partial charge in [0.1, 0.15) is 22.7 Å². The minimum Gasteiger partial charge on any atom is -0.357 e. The van der Waals surface area contributed by atoms with E-state index < -0.39 is 0 Å². The number of anilines is 2. The summed E-state index contributed by atoms with van der Waals surface area (Å²) in [5, 5.41) is 10.9. The maximum Gasteiger partial charge on any atom is 0.285 e. The monoisotopic (exact) mass is 477 g/mol. The third-order valence-corrected chi connectivity index (χ3v) is 6.57. The van der Waals surface area contributed by atoms with Crippen LogP contribution in [-0.4, -0.2) is 48.6 Å². The van der Waals surface area contributed by atoms with Crippen molar-refractivity contribution in [3.8, 4) is 5.82 Å². The van der Waals surface area contributed by atoms with E-state index in [9.17, 15) is 9.59 Å². The van der Waals surface area contributed by atoms with Crippen LogP contribution in [0.2, 0.25) is 5.02 Å². The molecule has 1 saturated heterocycles. The quantitative estimate of drug-likeness (QED) is 0.456.